The highest BCUT2D eigenvalue weighted by atomic mass is 79.9. The molecule has 0 aliphatic rings. The Labute approximate surface area is 132 Å². The lowest BCUT2D eigenvalue weighted by Crippen LogP contribution is -1.86. The van der Waals surface area contributed by atoms with Gasteiger partial charge >= 0.3 is 0 Å². The lowest BCUT2D eigenvalue weighted by molar-refractivity contribution is -0.384. The molecule has 0 amide bonds. The minimum Gasteiger partial charge on any atom is -0.437 e. The van der Waals surface area contributed by atoms with Gasteiger partial charge in [0.25, 0.3) is 5.69 Å². The summed E-state index contributed by atoms with van der Waals surface area (Å²) in [5.74, 6) is -0.0257. The summed E-state index contributed by atoms with van der Waals surface area (Å²) in [4.78, 5) is 14.4. The van der Waals surface area contributed by atoms with Crippen LogP contribution in [0.25, 0.3) is 23.3 Å². The summed E-state index contributed by atoms with van der Waals surface area (Å²) < 4.78 is 19.0. The summed E-state index contributed by atoms with van der Waals surface area (Å²) in [6.07, 6.45) is 3.33. The Hall–Kier alpha value is -2.54. The highest BCUT2D eigenvalue weighted by Gasteiger charge is 2.10. The Morgan fingerprint density at radius 1 is 1.23 bits per heavy atom. The van der Waals surface area contributed by atoms with E-state index in [4.69, 9.17) is 4.42 Å². The molecule has 0 unspecified atom stereocenters. The Balaban J connectivity index is 1.91. The zero-order valence-electron chi connectivity index (χ0n) is 11.0. The molecule has 0 saturated carbocycles. The first kappa shape index (κ1) is 14.4. The molecule has 2 aromatic carbocycles. The molecule has 3 rings (SSSR count). The summed E-state index contributed by atoms with van der Waals surface area (Å²) in [6.45, 7) is 0. The van der Waals surface area contributed by atoms with Crippen LogP contribution in [-0.4, -0.2) is 9.91 Å². The molecule has 22 heavy (non-hydrogen) atoms. The average Bonchev–Trinajstić information content (AvgIpc) is 2.90. The van der Waals surface area contributed by atoms with Crippen molar-refractivity contribution in [2.45, 2.75) is 0 Å². The molecule has 0 N–H and O–H groups in total. The van der Waals surface area contributed by atoms with Crippen molar-refractivity contribution < 1.29 is 13.7 Å². The number of hydrogen-bond acceptors (Lipinski definition) is 4. The smallest absolute Gasteiger partial charge is 0.271 e. The molecule has 5 nitrogen and oxygen atoms in total. The quantitative estimate of drug-likeness (QED) is 0.495. The van der Waals surface area contributed by atoms with E-state index in [1.165, 1.54) is 24.3 Å². The van der Waals surface area contributed by atoms with Crippen LogP contribution in [0.15, 0.2) is 45.3 Å². The van der Waals surface area contributed by atoms with Gasteiger partial charge in [0.15, 0.2) is 5.58 Å². The number of hydrogen-bond donors (Lipinski definition) is 0. The number of oxazole rings is 1. The minimum atomic E-state index is -0.486. The highest BCUT2D eigenvalue weighted by Crippen LogP contribution is 2.23. The van der Waals surface area contributed by atoms with Crippen molar-refractivity contribution >= 4 is 44.9 Å². The van der Waals surface area contributed by atoms with Crippen LogP contribution in [0.5, 0.6) is 0 Å². The third-order valence-corrected chi connectivity index (χ3v) is 3.57. The number of benzene rings is 2. The maximum Gasteiger partial charge on any atom is 0.271 e. The molecule has 1 heterocycles. The molecular formula is C15H8BrFN2O3. The zero-order valence-corrected chi connectivity index (χ0v) is 12.6. The first-order valence-electron chi connectivity index (χ1n) is 6.21. The van der Waals surface area contributed by atoms with E-state index in [0.717, 1.165) is 5.56 Å². The molecule has 0 spiro atoms. The van der Waals surface area contributed by atoms with Crippen molar-refractivity contribution in [1.29, 1.82) is 0 Å². The van der Waals surface area contributed by atoms with Crippen LogP contribution in [0.2, 0.25) is 0 Å². The number of nitro groups is 1. The second kappa shape index (κ2) is 5.69. The van der Waals surface area contributed by atoms with E-state index in [-0.39, 0.29) is 11.5 Å². The predicted octanol–water partition coefficient (Wildman–Crippen LogP) is 4.81. The van der Waals surface area contributed by atoms with Gasteiger partial charge in [-0.2, -0.15) is 0 Å². The summed E-state index contributed by atoms with van der Waals surface area (Å²) in [5, 5.41) is 10.7. The molecule has 0 saturated heterocycles. The minimum absolute atomic E-state index is 0.0428. The lowest BCUT2D eigenvalue weighted by atomic mass is 10.2. The van der Waals surface area contributed by atoms with Crippen molar-refractivity contribution in [3.05, 3.63) is 68.3 Å². The second-order valence-electron chi connectivity index (χ2n) is 4.47. The van der Waals surface area contributed by atoms with Gasteiger partial charge in [-0.05, 0) is 45.8 Å². The van der Waals surface area contributed by atoms with Crippen molar-refractivity contribution in [3.63, 3.8) is 0 Å². The van der Waals surface area contributed by atoms with Gasteiger partial charge in [0.1, 0.15) is 11.3 Å². The van der Waals surface area contributed by atoms with Gasteiger partial charge in [-0.25, -0.2) is 9.37 Å². The summed E-state index contributed by atoms with van der Waals surface area (Å²) in [7, 11) is 0. The van der Waals surface area contributed by atoms with Gasteiger partial charge in [0, 0.05) is 18.2 Å². The number of non-ortho nitro benzene ring substituents is 1. The van der Waals surface area contributed by atoms with Gasteiger partial charge in [-0.1, -0.05) is 6.07 Å². The number of halogens is 2. The highest BCUT2D eigenvalue weighted by molar-refractivity contribution is 9.10. The third kappa shape index (κ3) is 2.89. The fraction of sp³-hybridized carbons (Fsp3) is 0. The van der Waals surface area contributed by atoms with Crippen molar-refractivity contribution in [2.75, 3.05) is 0 Å². The molecule has 1 aromatic heterocycles. The Morgan fingerprint density at radius 2 is 2.05 bits per heavy atom. The average molecular weight is 363 g/mol. The van der Waals surface area contributed by atoms with E-state index in [1.807, 2.05) is 0 Å². The van der Waals surface area contributed by atoms with Gasteiger partial charge in [0.05, 0.1) is 9.40 Å². The summed E-state index contributed by atoms with van der Waals surface area (Å²) in [5.41, 5.74) is 1.60. The van der Waals surface area contributed by atoms with E-state index in [0.29, 0.717) is 21.5 Å². The maximum atomic E-state index is 13.1. The zero-order chi connectivity index (χ0) is 15.7. The molecule has 3 aromatic rings. The third-order valence-electron chi connectivity index (χ3n) is 2.96. The Morgan fingerprint density at radius 3 is 2.77 bits per heavy atom. The lowest BCUT2D eigenvalue weighted by Gasteiger charge is -1.95. The normalized spacial score (nSPS) is 11.4. The van der Waals surface area contributed by atoms with Crippen LogP contribution in [-0.2, 0) is 0 Å². The molecule has 0 aliphatic heterocycles. The topological polar surface area (TPSA) is 69.2 Å². The van der Waals surface area contributed by atoms with Crippen LogP contribution < -0.4 is 0 Å². The standard InChI is InChI=1S/C15H8BrFN2O3/c16-11-7-9(1-4-12(11)17)2-6-15-18-13-8-10(19(20)21)3-5-14(13)22-15/h1-8H/b6-2+. The maximum absolute atomic E-state index is 13.1. The van der Waals surface area contributed by atoms with E-state index in [1.54, 1.807) is 24.3 Å². The first-order valence-corrected chi connectivity index (χ1v) is 7.00. The van der Waals surface area contributed by atoms with E-state index < -0.39 is 4.92 Å². The number of rotatable bonds is 3. The number of nitrogens with zero attached hydrogens (tertiary/aromatic N) is 2. The molecule has 0 bridgehead atoms. The monoisotopic (exact) mass is 362 g/mol. The summed E-state index contributed by atoms with van der Waals surface area (Å²) >= 11 is 3.11. The second-order valence-corrected chi connectivity index (χ2v) is 5.32. The van der Waals surface area contributed by atoms with E-state index >= 15 is 0 Å². The van der Waals surface area contributed by atoms with Crippen LogP contribution in [0, 0.1) is 15.9 Å². The van der Waals surface area contributed by atoms with Gasteiger partial charge in [0.2, 0.25) is 5.89 Å². The Bertz CT molecular complexity index is 905. The van der Waals surface area contributed by atoms with Crippen molar-refractivity contribution in [1.82, 2.24) is 4.98 Å². The predicted molar refractivity (Wildman–Crippen MR) is 83.7 cm³/mol. The number of nitro benzene ring substituents is 1. The fourth-order valence-corrected chi connectivity index (χ4v) is 2.30. The summed E-state index contributed by atoms with van der Waals surface area (Å²) in [6, 6.07) is 8.80. The van der Waals surface area contributed by atoms with Crippen LogP contribution >= 0.6 is 15.9 Å². The fourth-order valence-electron chi connectivity index (χ4n) is 1.90. The van der Waals surface area contributed by atoms with Gasteiger partial charge in [-0.15, -0.1) is 0 Å². The van der Waals surface area contributed by atoms with Crippen LogP contribution in [0.4, 0.5) is 10.1 Å². The molecular weight excluding hydrogens is 355 g/mol. The number of aromatic nitrogens is 1. The first-order chi connectivity index (χ1) is 10.5. The Kier molecular flexibility index (Phi) is 3.72. The molecule has 0 radical (unpaired) electrons. The SMILES string of the molecule is O=[N+]([O-])c1ccc2oc(/C=C/c3ccc(F)c(Br)c3)nc2c1. The van der Waals surface area contributed by atoms with Crippen molar-refractivity contribution in [2.24, 2.45) is 0 Å². The molecule has 0 aliphatic carbocycles. The van der Waals surface area contributed by atoms with Crippen molar-refractivity contribution in [3.8, 4) is 0 Å². The molecule has 110 valence electrons. The number of fused-ring (bicyclic) bond motifs is 1. The molecule has 0 atom stereocenters. The van der Waals surface area contributed by atoms with Crippen LogP contribution in [0.3, 0.4) is 0 Å². The van der Waals surface area contributed by atoms with E-state index in [9.17, 15) is 14.5 Å². The van der Waals surface area contributed by atoms with Gasteiger partial charge in [-0.3, -0.25) is 10.1 Å². The molecule has 7 heteroatoms. The molecule has 0 fully saturated rings. The van der Waals surface area contributed by atoms with Gasteiger partial charge < -0.3 is 4.42 Å². The largest absolute Gasteiger partial charge is 0.437 e. The van der Waals surface area contributed by atoms with Crippen LogP contribution in [0.1, 0.15) is 11.5 Å². The van der Waals surface area contributed by atoms with E-state index in [2.05, 4.69) is 20.9 Å².